The molecule has 0 spiro atoms. The molecule has 4 nitrogen and oxygen atoms in total. The Morgan fingerprint density at radius 1 is 1.16 bits per heavy atom. The molecule has 0 fully saturated rings. The molecule has 1 N–H and O–H groups in total. The van der Waals surface area contributed by atoms with Gasteiger partial charge in [-0.25, -0.2) is 0 Å². The summed E-state index contributed by atoms with van der Waals surface area (Å²) in [5, 5.41) is 10.4. The fraction of sp³-hybridized carbons (Fsp3) is 0.524. The molecule has 0 saturated heterocycles. The highest BCUT2D eigenvalue weighted by atomic mass is 16.3. The summed E-state index contributed by atoms with van der Waals surface area (Å²) in [7, 11) is 0. The van der Waals surface area contributed by atoms with E-state index >= 15 is 0 Å². The highest BCUT2D eigenvalue weighted by Gasteiger charge is 2.43. The van der Waals surface area contributed by atoms with Gasteiger partial charge < -0.3 is 10.0 Å². The van der Waals surface area contributed by atoms with Crippen molar-refractivity contribution in [3.63, 3.8) is 0 Å². The van der Waals surface area contributed by atoms with Crippen LogP contribution in [0.25, 0.3) is 0 Å². The molecule has 1 aromatic carbocycles. The molecule has 25 heavy (non-hydrogen) atoms. The second kappa shape index (κ2) is 8.32. The van der Waals surface area contributed by atoms with Crippen molar-refractivity contribution in [3.05, 3.63) is 46.7 Å². The Morgan fingerprint density at radius 3 is 2.32 bits per heavy atom. The molecule has 1 heterocycles. The molecule has 1 aliphatic heterocycles. The van der Waals surface area contributed by atoms with Crippen LogP contribution in [0.4, 0.5) is 0 Å². The number of benzene rings is 1. The number of carbonyl (C=O) groups excluding carboxylic acids is 2. The Bertz CT molecular complexity index is 658. The molecule has 4 heteroatoms. The van der Waals surface area contributed by atoms with Crippen LogP contribution in [0.2, 0.25) is 0 Å². The number of unbranched alkanes of at least 4 members (excludes halogenated alkanes) is 2. The van der Waals surface area contributed by atoms with Crippen molar-refractivity contribution in [3.8, 4) is 0 Å². The summed E-state index contributed by atoms with van der Waals surface area (Å²) in [6.07, 6.45) is 3.86. The third-order valence-electron chi connectivity index (χ3n) is 4.80. The monoisotopic (exact) mass is 343 g/mol. The Labute approximate surface area is 150 Å². The van der Waals surface area contributed by atoms with E-state index in [1.165, 1.54) is 5.56 Å². The number of amides is 1. The number of carbonyl (C=O) groups is 2. The maximum atomic E-state index is 12.7. The maximum absolute atomic E-state index is 12.7. The quantitative estimate of drug-likeness (QED) is 0.714. The number of Topliss-reactive ketones (excluding diaryl/α,β-unsaturated/α-hetero) is 1. The summed E-state index contributed by atoms with van der Waals surface area (Å²) in [5.74, 6) is -1.23. The SMILES string of the molecule is CCCCCN1C(=O)C(O)=C(C(=O)C(C)C)C1c1ccc(CC)cc1. The van der Waals surface area contributed by atoms with Crippen molar-refractivity contribution >= 4 is 11.7 Å². The van der Waals surface area contributed by atoms with Crippen molar-refractivity contribution in [2.45, 2.75) is 59.4 Å². The van der Waals surface area contributed by atoms with Gasteiger partial charge in [0, 0.05) is 12.5 Å². The number of hydrogen-bond acceptors (Lipinski definition) is 3. The first kappa shape index (κ1) is 19.2. The van der Waals surface area contributed by atoms with Crippen molar-refractivity contribution in [2.75, 3.05) is 6.54 Å². The second-order valence-corrected chi connectivity index (χ2v) is 6.98. The first-order chi connectivity index (χ1) is 11.9. The van der Waals surface area contributed by atoms with Gasteiger partial charge in [-0.3, -0.25) is 9.59 Å². The molecule has 1 unspecified atom stereocenters. The Hall–Kier alpha value is -2.10. The highest BCUT2D eigenvalue weighted by molar-refractivity contribution is 6.09. The van der Waals surface area contributed by atoms with Crippen molar-refractivity contribution in [2.24, 2.45) is 5.92 Å². The smallest absolute Gasteiger partial charge is 0.290 e. The van der Waals surface area contributed by atoms with Gasteiger partial charge in [-0.15, -0.1) is 0 Å². The van der Waals surface area contributed by atoms with E-state index in [4.69, 9.17) is 0 Å². The van der Waals surface area contributed by atoms with E-state index in [1.54, 1.807) is 18.7 Å². The zero-order valence-corrected chi connectivity index (χ0v) is 15.7. The van der Waals surface area contributed by atoms with Gasteiger partial charge in [0.2, 0.25) is 0 Å². The summed E-state index contributed by atoms with van der Waals surface area (Å²) >= 11 is 0. The number of aliphatic hydroxyl groups is 1. The first-order valence-electron chi connectivity index (χ1n) is 9.29. The van der Waals surface area contributed by atoms with Crippen LogP contribution in [-0.2, 0) is 16.0 Å². The third-order valence-corrected chi connectivity index (χ3v) is 4.80. The molecule has 0 bridgehead atoms. The molecular formula is C21H29NO3. The first-order valence-corrected chi connectivity index (χ1v) is 9.29. The number of nitrogens with zero attached hydrogens (tertiary/aromatic N) is 1. The summed E-state index contributed by atoms with van der Waals surface area (Å²) < 4.78 is 0. The van der Waals surface area contributed by atoms with Crippen LogP contribution >= 0.6 is 0 Å². The van der Waals surface area contributed by atoms with Gasteiger partial charge in [0.25, 0.3) is 5.91 Å². The summed E-state index contributed by atoms with van der Waals surface area (Å²) in [5.41, 5.74) is 2.34. The van der Waals surface area contributed by atoms with E-state index in [0.717, 1.165) is 31.2 Å². The molecule has 0 radical (unpaired) electrons. The van der Waals surface area contributed by atoms with Gasteiger partial charge in [-0.1, -0.05) is 64.8 Å². The molecule has 0 saturated carbocycles. The van der Waals surface area contributed by atoms with Crippen molar-refractivity contribution in [1.82, 2.24) is 4.90 Å². The fourth-order valence-corrected chi connectivity index (χ4v) is 3.26. The minimum atomic E-state index is -0.481. The van der Waals surface area contributed by atoms with Crippen LogP contribution in [0.5, 0.6) is 0 Å². The lowest BCUT2D eigenvalue weighted by Gasteiger charge is -2.27. The molecule has 0 aromatic heterocycles. The van der Waals surface area contributed by atoms with Crippen molar-refractivity contribution in [1.29, 1.82) is 0 Å². The Balaban J connectivity index is 2.43. The standard InChI is InChI=1S/C21H29NO3/c1-5-7-8-13-22-18(16-11-9-15(6-2)10-12-16)17(19(23)14(3)4)20(24)21(22)25/h9-12,14,18,24H,5-8,13H2,1-4H3. The average molecular weight is 343 g/mol. The summed E-state index contributed by atoms with van der Waals surface area (Å²) in [6.45, 7) is 8.33. The molecule has 136 valence electrons. The lowest BCUT2D eigenvalue weighted by atomic mass is 9.90. The predicted molar refractivity (Wildman–Crippen MR) is 99.3 cm³/mol. The van der Waals surface area contributed by atoms with Gasteiger partial charge in [0.05, 0.1) is 11.6 Å². The normalized spacial score (nSPS) is 17.7. The van der Waals surface area contributed by atoms with Crippen molar-refractivity contribution < 1.29 is 14.7 Å². The van der Waals surface area contributed by atoms with Gasteiger partial charge in [-0.05, 0) is 24.0 Å². The van der Waals surface area contributed by atoms with E-state index in [2.05, 4.69) is 13.8 Å². The average Bonchev–Trinajstić information content (AvgIpc) is 2.86. The topological polar surface area (TPSA) is 57.6 Å². The number of ketones is 1. The lowest BCUT2D eigenvalue weighted by molar-refractivity contribution is -0.129. The second-order valence-electron chi connectivity index (χ2n) is 6.98. The highest BCUT2D eigenvalue weighted by Crippen LogP contribution is 2.39. The lowest BCUT2D eigenvalue weighted by Crippen LogP contribution is -2.32. The maximum Gasteiger partial charge on any atom is 0.290 e. The van der Waals surface area contributed by atoms with E-state index in [9.17, 15) is 14.7 Å². The van der Waals surface area contributed by atoms with Crippen LogP contribution in [-0.4, -0.2) is 28.2 Å². The molecular weight excluding hydrogens is 314 g/mol. The molecule has 1 aliphatic rings. The van der Waals surface area contributed by atoms with Gasteiger partial charge in [-0.2, -0.15) is 0 Å². The van der Waals surface area contributed by atoms with Gasteiger partial charge in [0.15, 0.2) is 11.5 Å². The summed E-state index contributed by atoms with van der Waals surface area (Å²) in [4.78, 5) is 27.0. The number of aliphatic hydroxyl groups excluding tert-OH is 1. The predicted octanol–water partition coefficient (Wildman–Crippen LogP) is 4.36. The van der Waals surface area contributed by atoms with Gasteiger partial charge in [0.1, 0.15) is 0 Å². The van der Waals surface area contributed by atoms with Crippen LogP contribution < -0.4 is 0 Å². The molecule has 2 rings (SSSR count). The van der Waals surface area contributed by atoms with Crippen LogP contribution in [0, 0.1) is 5.92 Å². The van der Waals surface area contributed by atoms with Crippen LogP contribution in [0.3, 0.4) is 0 Å². The number of aryl methyl sites for hydroxylation is 1. The van der Waals surface area contributed by atoms with Crippen LogP contribution in [0.15, 0.2) is 35.6 Å². The molecule has 1 aromatic rings. The van der Waals surface area contributed by atoms with Gasteiger partial charge >= 0.3 is 0 Å². The minimum Gasteiger partial charge on any atom is -0.503 e. The molecule has 1 atom stereocenters. The van der Waals surface area contributed by atoms with E-state index < -0.39 is 11.9 Å². The zero-order valence-electron chi connectivity index (χ0n) is 15.7. The number of rotatable bonds is 8. The summed E-state index contributed by atoms with van der Waals surface area (Å²) in [6, 6.07) is 7.50. The number of hydrogen-bond donors (Lipinski definition) is 1. The van der Waals surface area contributed by atoms with E-state index in [1.807, 2.05) is 24.3 Å². The Morgan fingerprint density at radius 2 is 1.80 bits per heavy atom. The zero-order chi connectivity index (χ0) is 18.6. The largest absolute Gasteiger partial charge is 0.503 e. The molecule has 0 aliphatic carbocycles. The van der Waals surface area contributed by atoms with E-state index in [-0.39, 0.29) is 23.0 Å². The fourth-order valence-electron chi connectivity index (χ4n) is 3.26. The minimum absolute atomic E-state index is 0.159. The van der Waals surface area contributed by atoms with Crippen LogP contribution in [0.1, 0.15) is 64.1 Å². The third kappa shape index (κ3) is 3.94. The Kier molecular flexibility index (Phi) is 6.40. The molecule has 1 amide bonds. The van der Waals surface area contributed by atoms with E-state index in [0.29, 0.717) is 6.54 Å².